The Kier molecular flexibility index (Phi) is 4.74. The lowest BCUT2D eigenvalue weighted by molar-refractivity contribution is 0.0963. The van der Waals surface area contributed by atoms with Gasteiger partial charge in [-0.3, -0.25) is 4.79 Å². The smallest absolute Gasteiger partial charge is 0.251 e. The number of anilines is 1. The molecule has 3 aromatic rings. The van der Waals surface area contributed by atoms with Crippen LogP contribution in [-0.4, -0.2) is 33.2 Å². The molecular weight excluding hydrogens is 316 g/mol. The van der Waals surface area contributed by atoms with E-state index < -0.39 is 0 Å². The zero-order valence-electron chi connectivity index (χ0n) is 14.4. The summed E-state index contributed by atoms with van der Waals surface area (Å²) in [5.41, 5.74) is 4.76. The number of hydrogen-bond acceptors (Lipinski definition) is 5. The molecule has 128 valence electrons. The van der Waals surface area contributed by atoms with Crippen LogP contribution < -0.4 is 10.6 Å². The van der Waals surface area contributed by atoms with Crippen molar-refractivity contribution in [3.05, 3.63) is 65.0 Å². The van der Waals surface area contributed by atoms with Gasteiger partial charge in [-0.15, -0.1) is 5.10 Å². The normalized spacial score (nSPS) is 10.5. The van der Waals surface area contributed by atoms with E-state index in [0.29, 0.717) is 12.1 Å². The molecule has 1 heterocycles. The molecule has 0 bridgehead atoms. The molecule has 0 aliphatic carbocycles. The molecule has 0 saturated heterocycles. The maximum absolute atomic E-state index is 11.6. The van der Waals surface area contributed by atoms with Gasteiger partial charge < -0.3 is 10.6 Å². The van der Waals surface area contributed by atoms with Crippen molar-refractivity contribution in [3.63, 3.8) is 0 Å². The molecular formula is C18H20N6O. The summed E-state index contributed by atoms with van der Waals surface area (Å²) >= 11 is 0. The standard InChI is InChI=1S/C18H20N6O/c1-12-4-9-16(10-17(12)24-13(2)21-22-23-24)20-11-14-5-7-15(8-6-14)18(25)19-3/h4-10,20H,11H2,1-3H3,(H,19,25). The number of nitrogens with one attached hydrogen (secondary N) is 2. The van der Waals surface area contributed by atoms with E-state index in [0.717, 1.165) is 28.3 Å². The first-order chi connectivity index (χ1) is 12.1. The molecule has 1 amide bonds. The van der Waals surface area contributed by atoms with Gasteiger partial charge in [-0.25, -0.2) is 0 Å². The van der Waals surface area contributed by atoms with E-state index in [4.69, 9.17) is 0 Å². The molecule has 3 rings (SSSR count). The van der Waals surface area contributed by atoms with Crippen LogP contribution in [0.25, 0.3) is 5.69 Å². The van der Waals surface area contributed by atoms with Crippen molar-refractivity contribution in [2.24, 2.45) is 0 Å². The molecule has 0 spiro atoms. The van der Waals surface area contributed by atoms with Crippen molar-refractivity contribution in [3.8, 4) is 5.69 Å². The topological polar surface area (TPSA) is 84.7 Å². The second-order valence-electron chi connectivity index (χ2n) is 5.77. The predicted molar refractivity (Wildman–Crippen MR) is 95.8 cm³/mol. The lowest BCUT2D eigenvalue weighted by Gasteiger charge is -2.11. The highest BCUT2D eigenvalue weighted by molar-refractivity contribution is 5.93. The fraction of sp³-hybridized carbons (Fsp3) is 0.222. The van der Waals surface area contributed by atoms with E-state index in [1.807, 2.05) is 56.3 Å². The highest BCUT2D eigenvalue weighted by Crippen LogP contribution is 2.20. The summed E-state index contributed by atoms with van der Waals surface area (Å²) in [5.74, 6) is 0.657. The Bertz CT molecular complexity index is 885. The van der Waals surface area contributed by atoms with Crippen molar-refractivity contribution in [1.82, 2.24) is 25.5 Å². The molecule has 1 aromatic heterocycles. The van der Waals surface area contributed by atoms with Crippen LogP contribution in [0.3, 0.4) is 0 Å². The summed E-state index contributed by atoms with van der Waals surface area (Å²) in [4.78, 5) is 11.6. The van der Waals surface area contributed by atoms with Crippen LogP contribution in [0, 0.1) is 13.8 Å². The molecule has 0 radical (unpaired) electrons. The van der Waals surface area contributed by atoms with Gasteiger partial charge in [-0.05, 0) is 59.7 Å². The van der Waals surface area contributed by atoms with Crippen molar-refractivity contribution in [2.45, 2.75) is 20.4 Å². The zero-order valence-corrected chi connectivity index (χ0v) is 14.4. The number of carbonyl (C=O) groups excluding carboxylic acids is 1. The molecule has 0 atom stereocenters. The molecule has 0 fully saturated rings. The molecule has 0 unspecified atom stereocenters. The fourth-order valence-corrected chi connectivity index (χ4v) is 2.52. The van der Waals surface area contributed by atoms with Gasteiger partial charge in [0.1, 0.15) is 0 Å². The average Bonchev–Trinajstić information content (AvgIpc) is 3.06. The van der Waals surface area contributed by atoms with Crippen LogP contribution in [0.2, 0.25) is 0 Å². The third kappa shape index (κ3) is 3.65. The minimum Gasteiger partial charge on any atom is -0.381 e. The number of tetrazole rings is 1. The number of nitrogens with zero attached hydrogens (tertiary/aromatic N) is 4. The number of hydrogen-bond donors (Lipinski definition) is 2. The fourth-order valence-electron chi connectivity index (χ4n) is 2.52. The summed E-state index contributed by atoms with van der Waals surface area (Å²) in [6.07, 6.45) is 0. The van der Waals surface area contributed by atoms with E-state index >= 15 is 0 Å². The Morgan fingerprint density at radius 2 is 1.88 bits per heavy atom. The zero-order chi connectivity index (χ0) is 17.8. The van der Waals surface area contributed by atoms with Crippen molar-refractivity contribution in [1.29, 1.82) is 0 Å². The summed E-state index contributed by atoms with van der Waals surface area (Å²) in [6.45, 7) is 4.55. The van der Waals surface area contributed by atoms with E-state index in [2.05, 4.69) is 26.2 Å². The number of rotatable bonds is 5. The third-order valence-corrected chi connectivity index (χ3v) is 4.00. The minimum atomic E-state index is -0.0838. The maximum atomic E-state index is 11.6. The van der Waals surface area contributed by atoms with Gasteiger partial charge in [0.05, 0.1) is 5.69 Å². The van der Waals surface area contributed by atoms with Crippen molar-refractivity contribution >= 4 is 11.6 Å². The number of aromatic nitrogens is 4. The molecule has 0 saturated carbocycles. The monoisotopic (exact) mass is 336 g/mol. The van der Waals surface area contributed by atoms with Gasteiger partial charge in [0, 0.05) is 24.8 Å². The number of benzene rings is 2. The second kappa shape index (κ2) is 7.12. The first kappa shape index (κ1) is 16.6. The van der Waals surface area contributed by atoms with E-state index in [1.54, 1.807) is 11.7 Å². The molecule has 2 N–H and O–H groups in total. The van der Waals surface area contributed by atoms with Crippen molar-refractivity contribution in [2.75, 3.05) is 12.4 Å². The Hall–Kier alpha value is -3.22. The largest absolute Gasteiger partial charge is 0.381 e. The second-order valence-corrected chi connectivity index (χ2v) is 5.77. The lowest BCUT2D eigenvalue weighted by atomic mass is 10.1. The number of aryl methyl sites for hydroxylation is 2. The van der Waals surface area contributed by atoms with Crippen LogP contribution in [0.15, 0.2) is 42.5 Å². The molecule has 0 aliphatic rings. The summed E-state index contributed by atoms with van der Waals surface area (Å²) in [5, 5.41) is 17.7. The quantitative estimate of drug-likeness (QED) is 0.746. The van der Waals surface area contributed by atoms with Crippen LogP contribution in [0.1, 0.15) is 27.3 Å². The molecule has 25 heavy (non-hydrogen) atoms. The lowest BCUT2D eigenvalue weighted by Crippen LogP contribution is -2.17. The summed E-state index contributed by atoms with van der Waals surface area (Å²) < 4.78 is 1.72. The Morgan fingerprint density at radius 3 is 2.52 bits per heavy atom. The van der Waals surface area contributed by atoms with Gasteiger partial charge in [-0.1, -0.05) is 18.2 Å². The summed E-state index contributed by atoms with van der Waals surface area (Å²) in [7, 11) is 1.62. The van der Waals surface area contributed by atoms with E-state index in [1.165, 1.54) is 0 Å². The van der Waals surface area contributed by atoms with Crippen molar-refractivity contribution < 1.29 is 4.79 Å². The van der Waals surface area contributed by atoms with Gasteiger partial charge in [0.15, 0.2) is 5.82 Å². The van der Waals surface area contributed by atoms with Gasteiger partial charge in [0.25, 0.3) is 5.91 Å². The Labute approximate surface area is 146 Å². The van der Waals surface area contributed by atoms with E-state index in [-0.39, 0.29) is 5.91 Å². The first-order valence-electron chi connectivity index (χ1n) is 7.99. The average molecular weight is 336 g/mol. The maximum Gasteiger partial charge on any atom is 0.251 e. The third-order valence-electron chi connectivity index (χ3n) is 4.00. The predicted octanol–water partition coefficient (Wildman–Crippen LogP) is 2.25. The highest BCUT2D eigenvalue weighted by Gasteiger charge is 2.08. The SMILES string of the molecule is CNC(=O)c1ccc(CNc2ccc(C)c(-n3nnnc3C)c2)cc1. The first-order valence-corrected chi connectivity index (χ1v) is 7.99. The highest BCUT2D eigenvalue weighted by atomic mass is 16.1. The number of carbonyl (C=O) groups is 1. The number of amides is 1. The van der Waals surface area contributed by atoms with Gasteiger partial charge in [-0.2, -0.15) is 4.68 Å². The molecule has 7 heteroatoms. The molecule has 2 aromatic carbocycles. The van der Waals surface area contributed by atoms with Gasteiger partial charge >= 0.3 is 0 Å². The van der Waals surface area contributed by atoms with Crippen LogP contribution in [-0.2, 0) is 6.54 Å². The minimum absolute atomic E-state index is 0.0838. The molecule has 7 nitrogen and oxygen atoms in total. The Morgan fingerprint density at radius 1 is 1.12 bits per heavy atom. The summed E-state index contributed by atoms with van der Waals surface area (Å²) in [6, 6.07) is 13.6. The van der Waals surface area contributed by atoms with Gasteiger partial charge in [0.2, 0.25) is 0 Å². The van der Waals surface area contributed by atoms with Crippen LogP contribution >= 0.6 is 0 Å². The Balaban J connectivity index is 1.74. The van der Waals surface area contributed by atoms with E-state index in [9.17, 15) is 4.79 Å². The molecule has 0 aliphatic heterocycles. The van der Waals surface area contributed by atoms with Crippen LogP contribution in [0.4, 0.5) is 5.69 Å². The van der Waals surface area contributed by atoms with Crippen LogP contribution in [0.5, 0.6) is 0 Å².